The van der Waals surface area contributed by atoms with Crippen molar-refractivity contribution < 1.29 is 14.3 Å². The van der Waals surface area contributed by atoms with Gasteiger partial charge in [0, 0.05) is 12.8 Å². The molecular formula is C8H12O3. The number of ether oxygens (including phenoxy) is 1. The molecule has 1 unspecified atom stereocenters. The summed E-state index contributed by atoms with van der Waals surface area (Å²) in [6.07, 6.45) is 1.78. The molecule has 1 atom stereocenters. The van der Waals surface area contributed by atoms with Crippen molar-refractivity contribution in [3.05, 3.63) is 0 Å². The second-order valence-corrected chi connectivity index (χ2v) is 2.99. The van der Waals surface area contributed by atoms with E-state index in [-0.39, 0.29) is 17.7 Å². The summed E-state index contributed by atoms with van der Waals surface area (Å²) in [4.78, 5) is 21.4. The molecule has 0 saturated carbocycles. The first kappa shape index (κ1) is 8.24. The molecule has 0 aromatic rings. The Balaban J connectivity index is 2.34. The Morgan fingerprint density at radius 3 is 3.00 bits per heavy atom. The molecule has 62 valence electrons. The molecule has 11 heavy (non-hydrogen) atoms. The third-order valence-electron chi connectivity index (χ3n) is 1.82. The maximum atomic E-state index is 10.7. The number of hydrogen-bond donors (Lipinski definition) is 0. The van der Waals surface area contributed by atoms with Crippen molar-refractivity contribution in [2.24, 2.45) is 5.92 Å². The van der Waals surface area contributed by atoms with Crippen LogP contribution in [0, 0.1) is 5.92 Å². The minimum absolute atomic E-state index is 0.157. The van der Waals surface area contributed by atoms with Gasteiger partial charge in [0.05, 0.1) is 6.61 Å². The SMILES string of the molecule is CC(=O)CC1CCOC(=O)C1. The Hall–Kier alpha value is -0.860. The third-order valence-corrected chi connectivity index (χ3v) is 1.82. The molecule has 1 fully saturated rings. The summed E-state index contributed by atoms with van der Waals surface area (Å²) in [7, 11) is 0. The number of ketones is 1. The van der Waals surface area contributed by atoms with Crippen LogP contribution in [0.15, 0.2) is 0 Å². The molecule has 1 aliphatic heterocycles. The van der Waals surface area contributed by atoms with E-state index in [2.05, 4.69) is 0 Å². The quantitative estimate of drug-likeness (QED) is 0.558. The molecule has 0 spiro atoms. The minimum atomic E-state index is -0.164. The first-order valence-corrected chi connectivity index (χ1v) is 3.83. The fourth-order valence-corrected chi connectivity index (χ4v) is 1.32. The van der Waals surface area contributed by atoms with E-state index in [1.807, 2.05) is 0 Å². The fourth-order valence-electron chi connectivity index (χ4n) is 1.32. The highest BCUT2D eigenvalue weighted by Crippen LogP contribution is 2.19. The van der Waals surface area contributed by atoms with Crippen molar-refractivity contribution in [3.8, 4) is 0 Å². The van der Waals surface area contributed by atoms with Gasteiger partial charge in [-0.25, -0.2) is 0 Å². The van der Waals surface area contributed by atoms with E-state index in [9.17, 15) is 9.59 Å². The fraction of sp³-hybridized carbons (Fsp3) is 0.750. The maximum Gasteiger partial charge on any atom is 0.306 e. The van der Waals surface area contributed by atoms with E-state index >= 15 is 0 Å². The molecule has 1 saturated heterocycles. The van der Waals surface area contributed by atoms with Crippen molar-refractivity contribution in [1.29, 1.82) is 0 Å². The second-order valence-electron chi connectivity index (χ2n) is 2.99. The summed E-state index contributed by atoms with van der Waals surface area (Å²) in [6.45, 7) is 2.04. The van der Waals surface area contributed by atoms with Crippen LogP contribution in [0.3, 0.4) is 0 Å². The van der Waals surface area contributed by atoms with Crippen LogP contribution in [-0.2, 0) is 14.3 Å². The Labute approximate surface area is 65.7 Å². The molecular weight excluding hydrogens is 144 g/mol. The van der Waals surface area contributed by atoms with Gasteiger partial charge in [0.25, 0.3) is 0 Å². The summed E-state index contributed by atoms with van der Waals surface area (Å²) >= 11 is 0. The van der Waals surface area contributed by atoms with Gasteiger partial charge in [-0.1, -0.05) is 0 Å². The topological polar surface area (TPSA) is 43.4 Å². The van der Waals surface area contributed by atoms with Gasteiger partial charge in [-0.05, 0) is 19.3 Å². The summed E-state index contributed by atoms with van der Waals surface area (Å²) in [5.74, 6) is 0.223. The van der Waals surface area contributed by atoms with Crippen LogP contribution in [-0.4, -0.2) is 18.4 Å². The van der Waals surface area contributed by atoms with Crippen molar-refractivity contribution in [2.75, 3.05) is 6.61 Å². The number of rotatable bonds is 2. The van der Waals surface area contributed by atoms with Gasteiger partial charge < -0.3 is 9.53 Å². The van der Waals surface area contributed by atoms with E-state index in [0.717, 1.165) is 6.42 Å². The molecule has 0 amide bonds. The van der Waals surface area contributed by atoms with Crippen LogP contribution in [0.4, 0.5) is 0 Å². The smallest absolute Gasteiger partial charge is 0.306 e. The largest absolute Gasteiger partial charge is 0.466 e. The lowest BCUT2D eigenvalue weighted by molar-refractivity contribution is -0.149. The predicted octanol–water partition coefficient (Wildman–Crippen LogP) is 0.919. The summed E-state index contributed by atoms with van der Waals surface area (Å²) < 4.78 is 4.74. The lowest BCUT2D eigenvalue weighted by atomic mass is 9.94. The van der Waals surface area contributed by atoms with Crippen molar-refractivity contribution in [2.45, 2.75) is 26.2 Å². The van der Waals surface area contributed by atoms with Gasteiger partial charge in [0.15, 0.2) is 0 Å². The van der Waals surface area contributed by atoms with Gasteiger partial charge in [-0.2, -0.15) is 0 Å². The first-order chi connectivity index (χ1) is 5.18. The van der Waals surface area contributed by atoms with Gasteiger partial charge in [0.2, 0.25) is 0 Å². The average Bonchev–Trinajstić information content (AvgIpc) is 1.85. The molecule has 0 bridgehead atoms. The summed E-state index contributed by atoms with van der Waals surface area (Å²) in [6, 6.07) is 0. The monoisotopic (exact) mass is 156 g/mol. The zero-order chi connectivity index (χ0) is 8.27. The van der Waals surface area contributed by atoms with Gasteiger partial charge in [-0.15, -0.1) is 0 Å². The Morgan fingerprint density at radius 1 is 1.73 bits per heavy atom. The number of carbonyl (C=O) groups excluding carboxylic acids is 2. The number of hydrogen-bond acceptors (Lipinski definition) is 3. The van der Waals surface area contributed by atoms with E-state index in [0.29, 0.717) is 19.4 Å². The van der Waals surface area contributed by atoms with E-state index in [4.69, 9.17) is 4.74 Å². The first-order valence-electron chi connectivity index (χ1n) is 3.83. The van der Waals surface area contributed by atoms with Crippen LogP contribution in [0.25, 0.3) is 0 Å². The normalized spacial score (nSPS) is 24.5. The molecule has 1 aliphatic rings. The van der Waals surface area contributed by atoms with E-state index in [1.54, 1.807) is 6.92 Å². The standard InChI is InChI=1S/C8H12O3/c1-6(9)4-7-2-3-11-8(10)5-7/h7H,2-5H2,1H3. The zero-order valence-corrected chi connectivity index (χ0v) is 6.63. The highest BCUT2D eigenvalue weighted by molar-refractivity contribution is 5.77. The molecule has 1 rings (SSSR count). The number of carbonyl (C=O) groups is 2. The molecule has 0 radical (unpaired) electrons. The summed E-state index contributed by atoms with van der Waals surface area (Å²) in [5, 5.41) is 0. The Bertz CT molecular complexity index is 172. The summed E-state index contributed by atoms with van der Waals surface area (Å²) in [5.41, 5.74) is 0. The third kappa shape index (κ3) is 2.70. The lowest BCUT2D eigenvalue weighted by Gasteiger charge is -2.19. The van der Waals surface area contributed by atoms with Crippen LogP contribution < -0.4 is 0 Å². The van der Waals surface area contributed by atoms with Crippen LogP contribution in [0.5, 0.6) is 0 Å². The molecule has 0 aromatic heterocycles. The predicted molar refractivity (Wildman–Crippen MR) is 39.0 cm³/mol. The highest BCUT2D eigenvalue weighted by atomic mass is 16.5. The number of Topliss-reactive ketones (excluding diaryl/α,β-unsaturated/α-hetero) is 1. The molecule has 0 aliphatic carbocycles. The maximum absolute atomic E-state index is 10.7. The number of cyclic esters (lactones) is 1. The molecule has 0 aromatic carbocycles. The van der Waals surface area contributed by atoms with Crippen LogP contribution >= 0.6 is 0 Å². The second kappa shape index (κ2) is 3.51. The van der Waals surface area contributed by atoms with E-state index in [1.165, 1.54) is 0 Å². The van der Waals surface area contributed by atoms with Crippen LogP contribution in [0.2, 0.25) is 0 Å². The zero-order valence-electron chi connectivity index (χ0n) is 6.63. The molecule has 1 heterocycles. The van der Waals surface area contributed by atoms with Gasteiger partial charge >= 0.3 is 5.97 Å². The van der Waals surface area contributed by atoms with Crippen molar-refractivity contribution in [1.82, 2.24) is 0 Å². The van der Waals surface area contributed by atoms with Crippen molar-refractivity contribution in [3.63, 3.8) is 0 Å². The minimum Gasteiger partial charge on any atom is -0.466 e. The van der Waals surface area contributed by atoms with Crippen LogP contribution in [0.1, 0.15) is 26.2 Å². The Kier molecular flexibility index (Phi) is 2.63. The molecule has 3 heteroatoms. The molecule has 3 nitrogen and oxygen atoms in total. The van der Waals surface area contributed by atoms with E-state index < -0.39 is 0 Å². The van der Waals surface area contributed by atoms with Crippen molar-refractivity contribution >= 4 is 11.8 Å². The average molecular weight is 156 g/mol. The lowest BCUT2D eigenvalue weighted by Crippen LogP contribution is -2.22. The highest BCUT2D eigenvalue weighted by Gasteiger charge is 2.21. The number of esters is 1. The van der Waals surface area contributed by atoms with Gasteiger partial charge in [0.1, 0.15) is 5.78 Å². The molecule has 0 N–H and O–H groups in total. The van der Waals surface area contributed by atoms with Gasteiger partial charge in [-0.3, -0.25) is 4.79 Å². The Morgan fingerprint density at radius 2 is 2.45 bits per heavy atom.